The van der Waals surface area contributed by atoms with Crippen molar-refractivity contribution < 1.29 is 4.84 Å². The molecule has 1 atom stereocenters. The van der Waals surface area contributed by atoms with Crippen LogP contribution in [0.4, 0.5) is 0 Å². The van der Waals surface area contributed by atoms with Gasteiger partial charge in [0.15, 0.2) is 0 Å². The summed E-state index contributed by atoms with van der Waals surface area (Å²) >= 11 is 0. The van der Waals surface area contributed by atoms with E-state index in [9.17, 15) is 0 Å². The Labute approximate surface area is 56.2 Å². The predicted octanol–water partition coefficient (Wildman–Crippen LogP) is 1.83. The minimum absolute atomic E-state index is 0.310. The van der Waals surface area contributed by atoms with Gasteiger partial charge in [-0.05, 0) is 6.92 Å². The van der Waals surface area contributed by atoms with Crippen molar-refractivity contribution in [3.8, 4) is 0 Å². The quantitative estimate of drug-likeness (QED) is 0.322. The third-order valence-corrected chi connectivity index (χ3v) is 1.25. The van der Waals surface area contributed by atoms with E-state index in [1.54, 1.807) is 7.11 Å². The maximum Gasteiger partial charge on any atom is 0.106 e. The fraction of sp³-hybridized carbons (Fsp3) is 0.571. The number of nitrogens with zero attached hydrogens (tertiary/aromatic N) is 1. The van der Waals surface area contributed by atoms with Crippen LogP contribution in [0.2, 0.25) is 0 Å². The maximum atomic E-state index is 4.57. The van der Waals surface area contributed by atoms with Gasteiger partial charge in [-0.2, -0.15) is 0 Å². The maximum absolute atomic E-state index is 4.57. The lowest BCUT2D eigenvalue weighted by Gasteiger charge is -2.01. The standard InChI is InChI=1S/C7H13NO/c1-5-6(2)7(3)8-9-4/h5-6H,1H2,2-4H3/b8-7-. The first kappa shape index (κ1) is 8.21. The summed E-state index contributed by atoms with van der Waals surface area (Å²) in [4.78, 5) is 4.57. The van der Waals surface area contributed by atoms with Crippen LogP contribution in [0.25, 0.3) is 0 Å². The van der Waals surface area contributed by atoms with Crippen molar-refractivity contribution in [2.75, 3.05) is 7.11 Å². The van der Waals surface area contributed by atoms with Gasteiger partial charge in [-0.25, -0.2) is 0 Å². The average molecular weight is 127 g/mol. The second-order valence-electron chi connectivity index (χ2n) is 1.94. The minimum atomic E-state index is 0.310. The van der Waals surface area contributed by atoms with Crippen molar-refractivity contribution in [3.05, 3.63) is 12.7 Å². The summed E-state index contributed by atoms with van der Waals surface area (Å²) in [5.41, 5.74) is 0.951. The molecule has 0 N–H and O–H groups in total. The molecule has 0 heterocycles. The van der Waals surface area contributed by atoms with E-state index in [1.807, 2.05) is 19.9 Å². The van der Waals surface area contributed by atoms with E-state index >= 15 is 0 Å². The van der Waals surface area contributed by atoms with E-state index in [1.165, 1.54) is 0 Å². The Morgan fingerprint density at radius 3 is 2.67 bits per heavy atom. The van der Waals surface area contributed by atoms with Gasteiger partial charge in [0.05, 0.1) is 5.71 Å². The summed E-state index contributed by atoms with van der Waals surface area (Å²) in [6.45, 7) is 7.56. The fourth-order valence-electron chi connectivity index (χ4n) is 0.398. The highest BCUT2D eigenvalue weighted by Gasteiger charge is 1.98. The van der Waals surface area contributed by atoms with Crippen molar-refractivity contribution in [2.24, 2.45) is 11.1 Å². The molecule has 1 unspecified atom stereocenters. The number of hydrogen-bond acceptors (Lipinski definition) is 2. The number of allylic oxidation sites excluding steroid dienone is 1. The molecule has 9 heavy (non-hydrogen) atoms. The van der Waals surface area contributed by atoms with E-state index in [4.69, 9.17) is 0 Å². The summed E-state index contributed by atoms with van der Waals surface area (Å²) in [5.74, 6) is 0.310. The summed E-state index contributed by atoms with van der Waals surface area (Å²) in [5, 5.41) is 3.74. The average Bonchev–Trinajstić information content (AvgIpc) is 1.87. The molecular weight excluding hydrogens is 114 g/mol. The van der Waals surface area contributed by atoms with E-state index in [0.717, 1.165) is 5.71 Å². The molecule has 0 aromatic carbocycles. The summed E-state index contributed by atoms with van der Waals surface area (Å²) in [6.07, 6.45) is 1.83. The third-order valence-electron chi connectivity index (χ3n) is 1.25. The van der Waals surface area contributed by atoms with Crippen LogP contribution in [0.15, 0.2) is 17.8 Å². The number of oxime groups is 1. The molecule has 0 aliphatic carbocycles. The second kappa shape index (κ2) is 4.13. The normalized spacial score (nSPS) is 14.8. The molecule has 0 amide bonds. The molecule has 2 nitrogen and oxygen atoms in total. The Morgan fingerprint density at radius 1 is 1.78 bits per heavy atom. The van der Waals surface area contributed by atoms with Crippen molar-refractivity contribution in [1.82, 2.24) is 0 Å². The lowest BCUT2D eigenvalue weighted by molar-refractivity contribution is 0.211. The van der Waals surface area contributed by atoms with Crippen molar-refractivity contribution in [1.29, 1.82) is 0 Å². The molecule has 0 aliphatic rings. The zero-order valence-electron chi connectivity index (χ0n) is 6.22. The molecule has 52 valence electrons. The van der Waals surface area contributed by atoms with Crippen molar-refractivity contribution >= 4 is 5.71 Å². The van der Waals surface area contributed by atoms with Crippen LogP contribution >= 0.6 is 0 Å². The first-order valence-corrected chi connectivity index (χ1v) is 2.92. The van der Waals surface area contributed by atoms with Crippen LogP contribution < -0.4 is 0 Å². The molecule has 0 spiro atoms. The molecule has 0 saturated carbocycles. The lowest BCUT2D eigenvalue weighted by Crippen LogP contribution is -2.02. The van der Waals surface area contributed by atoms with Gasteiger partial charge in [0.2, 0.25) is 0 Å². The van der Waals surface area contributed by atoms with Crippen LogP contribution in [-0.2, 0) is 4.84 Å². The van der Waals surface area contributed by atoms with E-state index in [2.05, 4.69) is 16.6 Å². The molecule has 0 rings (SSSR count). The zero-order valence-corrected chi connectivity index (χ0v) is 6.22. The van der Waals surface area contributed by atoms with Gasteiger partial charge < -0.3 is 4.84 Å². The van der Waals surface area contributed by atoms with Gasteiger partial charge in [0.1, 0.15) is 7.11 Å². The van der Waals surface area contributed by atoms with Gasteiger partial charge in [0.25, 0.3) is 0 Å². The first-order valence-electron chi connectivity index (χ1n) is 2.92. The monoisotopic (exact) mass is 127 g/mol. The number of rotatable bonds is 3. The lowest BCUT2D eigenvalue weighted by atomic mass is 10.1. The smallest absolute Gasteiger partial charge is 0.106 e. The predicted molar refractivity (Wildman–Crippen MR) is 39.5 cm³/mol. The van der Waals surface area contributed by atoms with E-state index < -0.39 is 0 Å². The SMILES string of the molecule is C=CC(C)/C(C)=N\OC. The van der Waals surface area contributed by atoms with Crippen molar-refractivity contribution in [2.45, 2.75) is 13.8 Å². The Hall–Kier alpha value is -0.790. The molecule has 0 bridgehead atoms. The molecule has 0 radical (unpaired) electrons. The highest BCUT2D eigenvalue weighted by atomic mass is 16.6. The van der Waals surface area contributed by atoms with Crippen LogP contribution in [0.1, 0.15) is 13.8 Å². The number of hydrogen-bond donors (Lipinski definition) is 0. The molecule has 0 aromatic rings. The summed E-state index contributed by atoms with van der Waals surface area (Å²) in [6, 6.07) is 0. The molecule has 0 aliphatic heterocycles. The van der Waals surface area contributed by atoms with Gasteiger partial charge in [-0.15, -0.1) is 6.58 Å². The summed E-state index contributed by atoms with van der Waals surface area (Å²) < 4.78 is 0. The van der Waals surface area contributed by atoms with Crippen LogP contribution in [-0.4, -0.2) is 12.8 Å². The van der Waals surface area contributed by atoms with Crippen molar-refractivity contribution in [3.63, 3.8) is 0 Å². The Balaban J connectivity index is 3.84. The zero-order chi connectivity index (χ0) is 7.28. The highest BCUT2D eigenvalue weighted by molar-refractivity contribution is 5.84. The topological polar surface area (TPSA) is 21.6 Å². The molecule has 0 fully saturated rings. The van der Waals surface area contributed by atoms with Crippen LogP contribution in [0, 0.1) is 5.92 Å². The fourth-order valence-corrected chi connectivity index (χ4v) is 0.398. The van der Waals surface area contributed by atoms with Crippen LogP contribution in [0.5, 0.6) is 0 Å². The third kappa shape index (κ3) is 2.90. The Bertz CT molecular complexity index is 118. The minimum Gasteiger partial charge on any atom is -0.399 e. The van der Waals surface area contributed by atoms with Gasteiger partial charge >= 0.3 is 0 Å². The first-order chi connectivity index (χ1) is 4.22. The van der Waals surface area contributed by atoms with Crippen LogP contribution in [0.3, 0.4) is 0 Å². The van der Waals surface area contributed by atoms with Gasteiger partial charge in [0, 0.05) is 5.92 Å². The second-order valence-corrected chi connectivity index (χ2v) is 1.94. The molecule has 0 saturated heterocycles. The van der Waals surface area contributed by atoms with Gasteiger partial charge in [-0.1, -0.05) is 18.2 Å². The Morgan fingerprint density at radius 2 is 2.33 bits per heavy atom. The highest BCUT2D eigenvalue weighted by Crippen LogP contribution is 1.98. The molecular formula is C7H13NO. The van der Waals surface area contributed by atoms with E-state index in [-0.39, 0.29) is 0 Å². The molecule has 0 aromatic heterocycles. The van der Waals surface area contributed by atoms with Gasteiger partial charge in [-0.3, -0.25) is 0 Å². The Kier molecular flexibility index (Phi) is 3.76. The molecule has 2 heteroatoms. The van der Waals surface area contributed by atoms with E-state index in [0.29, 0.717) is 5.92 Å². The largest absolute Gasteiger partial charge is 0.399 e. The summed E-state index contributed by atoms with van der Waals surface area (Å²) in [7, 11) is 1.54.